The van der Waals surface area contributed by atoms with Crippen molar-refractivity contribution in [2.75, 3.05) is 40.9 Å². The van der Waals surface area contributed by atoms with Crippen molar-refractivity contribution in [3.8, 4) is 0 Å². The molecule has 9 heteroatoms. The zero-order valence-corrected chi connectivity index (χ0v) is 40.3. The molecule has 0 aromatic heterocycles. The minimum absolute atomic E-state index is 0.00676. The fraction of sp³-hybridized carbons (Fsp3) is 0.745. The summed E-state index contributed by atoms with van der Waals surface area (Å²) in [6, 6.07) is -0.896. The molecule has 8 nitrogen and oxygen atoms in total. The van der Waals surface area contributed by atoms with Gasteiger partial charge in [0.2, 0.25) is 5.91 Å². The number of nitrogens with one attached hydrogen (secondary N) is 1. The maximum atomic E-state index is 12.9. The molecule has 348 valence electrons. The van der Waals surface area contributed by atoms with E-state index in [0.717, 1.165) is 83.5 Å². The standard InChI is InChI=1S/C51H93N2O6P/c1-6-8-10-12-14-16-18-20-22-23-24-25-26-27-28-29-31-33-35-37-39-41-43-45-51(55)52-49(48-59-60(56,57)58-47-46-53(3,4)5)50(54)44-42-40-38-36-34-32-30-21-19-17-15-13-11-9-7-2/h8,10,14,16,20,22,24-25,27-28,42,44,49-50,54H,6-7,9,11-13,15,17-19,21,23,26,29-41,43,45-48H2,1-5H3,(H-,52,55,56,57)/b10-8-,16-14-,22-20-,25-24-,28-27-,44-42+. The van der Waals surface area contributed by atoms with Crippen LogP contribution in [0.2, 0.25) is 0 Å². The van der Waals surface area contributed by atoms with E-state index in [2.05, 4.69) is 79.9 Å². The monoisotopic (exact) mass is 861 g/mol. The van der Waals surface area contributed by atoms with Crippen LogP contribution in [0.3, 0.4) is 0 Å². The molecule has 3 unspecified atom stereocenters. The van der Waals surface area contributed by atoms with Crippen molar-refractivity contribution in [1.29, 1.82) is 0 Å². The highest BCUT2D eigenvalue weighted by atomic mass is 31.2. The number of unbranched alkanes of at least 4 members (excludes halogenated alkanes) is 20. The molecule has 0 saturated carbocycles. The topological polar surface area (TPSA) is 108 Å². The Labute approximate surface area is 370 Å². The van der Waals surface area contributed by atoms with Crippen LogP contribution in [-0.4, -0.2) is 68.5 Å². The van der Waals surface area contributed by atoms with Crippen molar-refractivity contribution in [3.05, 3.63) is 72.9 Å². The fourth-order valence-electron chi connectivity index (χ4n) is 6.59. The predicted octanol–water partition coefficient (Wildman–Crippen LogP) is 13.3. The number of hydrogen-bond acceptors (Lipinski definition) is 6. The molecule has 0 rings (SSSR count). The van der Waals surface area contributed by atoms with Gasteiger partial charge >= 0.3 is 0 Å². The molecule has 0 radical (unpaired) electrons. The summed E-state index contributed by atoms with van der Waals surface area (Å²) in [6.45, 7) is 4.51. The lowest BCUT2D eigenvalue weighted by molar-refractivity contribution is -0.870. The largest absolute Gasteiger partial charge is 0.756 e. The van der Waals surface area contributed by atoms with E-state index in [1.54, 1.807) is 6.08 Å². The highest BCUT2D eigenvalue weighted by Gasteiger charge is 2.23. The number of hydrogen-bond donors (Lipinski definition) is 2. The minimum Gasteiger partial charge on any atom is -0.756 e. The van der Waals surface area contributed by atoms with Crippen molar-refractivity contribution in [3.63, 3.8) is 0 Å². The number of phosphoric acid groups is 1. The van der Waals surface area contributed by atoms with Crippen molar-refractivity contribution in [1.82, 2.24) is 5.32 Å². The van der Waals surface area contributed by atoms with Crippen LogP contribution < -0.4 is 10.2 Å². The molecule has 0 aromatic carbocycles. The normalized spacial score (nSPS) is 14.8. The summed E-state index contributed by atoms with van der Waals surface area (Å²) >= 11 is 0. The number of aliphatic hydroxyl groups excluding tert-OH is 1. The van der Waals surface area contributed by atoms with Gasteiger partial charge in [-0.05, 0) is 64.2 Å². The lowest BCUT2D eigenvalue weighted by Gasteiger charge is -2.29. The molecule has 0 spiro atoms. The van der Waals surface area contributed by atoms with Crippen LogP contribution >= 0.6 is 7.82 Å². The number of allylic oxidation sites excluding steroid dienone is 11. The Morgan fingerprint density at radius 1 is 0.600 bits per heavy atom. The quantitative estimate of drug-likeness (QED) is 0.0274. The number of carbonyl (C=O) groups is 1. The Morgan fingerprint density at radius 2 is 1.02 bits per heavy atom. The summed E-state index contributed by atoms with van der Waals surface area (Å²) in [5.41, 5.74) is 0. The Morgan fingerprint density at radius 3 is 1.48 bits per heavy atom. The van der Waals surface area contributed by atoms with E-state index in [1.165, 1.54) is 89.9 Å². The molecule has 2 N–H and O–H groups in total. The maximum Gasteiger partial charge on any atom is 0.268 e. The van der Waals surface area contributed by atoms with Gasteiger partial charge in [-0.15, -0.1) is 0 Å². The molecule has 1 amide bonds. The van der Waals surface area contributed by atoms with Gasteiger partial charge in [-0.3, -0.25) is 9.36 Å². The molecule has 0 heterocycles. The molecule has 0 aromatic rings. The van der Waals surface area contributed by atoms with Gasteiger partial charge in [0.25, 0.3) is 7.82 Å². The lowest BCUT2D eigenvalue weighted by Crippen LogP contribution is -2.45. The third-order valence-electron chi connectivity index (χ3n) is 10.4. The maximum absolute atomic E-state index is 12.9. The molecule has 0 aliphatic carbocycles. The smallest absolute Gasteiger partial charge is 0.268 e. The molecule has 3 atom stereocenters. The zero-order chi connectivity index (χ0) is 44.3. The van der Waals surface area contributed by atoms with E-state index in [-0.39, 0.29) is 19.1 Å². The van der Waals surface area contributed by atoms with E-state index in [1.807, 2.05) is 27.2 Å². The number of nitrogens with zero attached hydrogens (tertiary/aromatic N) is 1. The van der Waals surface area contributed by atoms with Crippen molar-refractivity contribution >= 4 is 13.7 Å². The first kappa shape index (κ1) is 57.9. The van der Waals surface area contributed by atoms with Crippen molar-refractivity contribution in [2.45, 2.75) is 206 Å². The number of aliphatic hydroxyl groups is 1. The average Bonchev–Trinajstić information content (AvgIpc) is 3.20. The molecule has 60 heavy (non-hydrogen) atoms. The lowest BCUT2D eigenvalue weighted by atomic mass is 10.0. The van der Waals surface area contributed by atoms with Crippen LogP contribution in [0.15, 0.2) is 72.9 Å². The predicted molar refractivity (Wildman–Crippen MR) is 256 cm³/mol. The van der Waals surface area contributed by atoms with E-state index < -0.39 is 20.0 Å². The summed E-state index contributed by atoms with van der Waals surface area (Å²) < 4.78 is 23.2. The highest BCUT2D eigenvalue weighted by Crippen LogP contribution is 2.38. The third kappa shape index (κ3) is 44.0. The van der Waals surface area contributed by atoms with Crippen LogP contribution in [0.25, 0.3) is 0 Å². The number of likely N-dealkylation sites (N-methyl/N-ethyl adjacent to an activating group) is 1. The molecule has 0 bridgehead atoms. The Hall–Kier alpha value is -2.06. The Kier molecular flexibility index (Phi) is 40.8. The zero-order valence-electron chi connectivity index (χ0n) is 39.4. The van der Waals surface area contributed by atoms with Crippen LogP contribution in [0, 0.1) is 0 Å². The first-order valence-corrected chi connectivity index (χ1v) is 25.8. The van der Waals surface area contributed by atoms with Crippen molar-refractivity contribution in [2.24, 2.45) is 0 Å². The van der Waals surface area contributed by atoms with Gasteiger partial charge in [-0.2, -0.15) is 0 Å². The van der Waals surface area contributed by atoms with Crippen LogP contribution in [0.5, 0.6) is 0 Å². The van der Waals surface area contributed by atoms with Crippen LogP contribution in [0.4, 0.5) is 0 Å². The molecular formula is C51H93N2O6P. The van der Waals surface area contributed by atoms with E-state index >= 15 is 0 Å². The molecule has 0 fully saturated rings. The third-order valence-corrected chi connectivity index (χ3v) is 11.4. The SMILES string of the molecule is CC/C=C\C/C=C\C/C=C\C/C=C\C/C=C\CCCCCCCCCC(=O)NC(COP(=O)([O-])OCC[N+](C)(C)C)C(O)/C=C/CCCCCCCCCCCCCCC. The molecule has 0 saturated heterocycles. The van der Waals surface area contributed by atoms with Gasteiger partial charge in [-0.1, -0.05) is 196 Å². The summed E-state index contributed by atoms with van der Waals surface area (Å²) in [4.78, 5) is 25.4. The summed E-state index contributed by atoms with van der Waals surface area (Å²) in [5.74, 6) is -0.212. The second-order valence-electron chi connectivity index (χ2n) is 17.4. The van der Waals surface area contributed by atoms with Gasteiger partial charge in [0, 0.05) is 6.42 Å². The first-order valence-electron chi connectivity index (χ1n) is 24.3. The second-order valence-corrected chi connectivity index (χ2v) is 18.8. The van der Waals surface area contributed by atoms with Crippen LogP contribution in [0.1, 0.15) is 194 Å². The molecule has 0 aliphatic heterocycles. The van der Waals surface area contributed by atoms with E-state index in [4.69, 9.17) is 9.05 Å². The summed E-state index contributed by atoms with van der Waals surface area (Å²) in [7, 11) is 1.24. The number of rotatable bonds is 43. The fourth-order valence-corrected chi connectivity index (χ4v) is 7.31. The van der Waals surface area contributed by atoms with Gasteiger partial charge in [0.05, 0.1) is 39.9 Å². The van der Waals surface area contributed by atoms with Crippen LogP contribution in [-0.2, 0) is 18.4 Å². The van der Waals surface area contributed by atoms with E-state index in [0.29, 0.717) is 17.4 Å². The summed E-state index contributed by atoms with van der Waals surface area (Å²) in [6.07, 6.45) is 56.6. The minimum atomic E-state index is -4.60. The van der Waals surface area contributed by atoms with Gasteiger partial charge in [0.15, 0.2) is 0 Å². The highest BCUT2D eigenvalue weighted by molar-refractivity contribution is 7.45. The number of amides is 1. The van der Waals surface area contributed by atoms with Gasteiger partial charge in [-0.25, -0.2) is 0 Å². The second kappa shape index (κ2) is 42.3. The number of phosphoric ester groups is 1. The van der Waals surface area contributed by atoms with E-state index in [9.17, 15) is 19.4 Å². The number of quaternary nitrogens is 1. The molecular weight excluding hydrogens is 768 g/mol. The Bertz CT molecular complexity index is 1200. The van der Waals surface area contributed by atoms with Crippen molar-refractivity contribution < 1.29 is 32.9 Å². The van der Waals surface area contributed by atoms with Gasteiger partial charge in [0.1, 0.15) is 13.2 Å². The molecule has 0 aliphatic rings. The summed E-state index contributed by atoms with van der Waals surface area (Å²) in [5, 5.41) is 13.8. The first-order chi connectivity index (χ1) is 29.0. The Balaban J connectivity index is 4.37. The van der Waals surface area contributed by atoms with Gasteiger partial charge < -0.3 is 28.8 Å². The average molecular weight is 861 g/mol. The number of carbonyl (C=O) groups excluding carboxylic acids is 1.